The van der Waals surface area contributed by atoms with E-state index in [4.69, 9.17) is 11.6 Å². The van der Waals surface area contributed by atoms with Crippen LogP contribution in [0.25, 0.3) is 0 Å². The van der Waals surface area contributed by atoms with Gasteiger partial charge in [-0.15, -0.1) is 11.6 Å². The lowest BCUT2D eigenvalue weighted by Crippen LogP contribution is -2.26. The van der Waals surface area contributed by atoms with Crippen molar-refractivity contribution in [2.75, 3.05) is 0 Å². The van der Waals surface area contributed by atoms with Gasteiger partial charge in [-0.05, 0) is 12.0 Å². The van der Waals surface area contributed by atoms with Gasteiger partial charge in [0.1, 0.15) is 5.38 Å². The topological polar surface area (TPSA) is 46.9 Å². The first-order valence-corrected chi connectivity index (χ1v) is 7.03. The number of halogens is 1. The fraction of sp³-hybridized carbons (Fsp3) is 0.333. The molecule has 0 saturated heterocycles. The third-order valence-corrected chi connectivity index (χ3v) is 3.55. The molecule has 0 spiro atoms. The van der Waals surface area contributed by atoms with E-state index in [1.165, 1.54) is 0 Å². The molecule has 0 fully saturated rings. The molecule has 1 atom stereocenters. The van der Waals surface area contributed by atoms with E-state index in [1.807, 2.05) is 50.5 Å². The lowest BCUT2D eigenvalue weighted by atomic mass is 10.1. The second kappa shape index (κ2) is 6.57. The number of carbonyl (C=O) groups is 1. The monoisotopic (exact) mass is 291 g/mol. The van der Waals surface area contributed by atoms with E-state index >= 15 is 0 Å². The quantitative estimate of drug-likeness (QED) is 0.861. The maximum absolute atomic E-state index is 12.1. The number of amides is 1. The minimum atomic E-state index is -0.669. The first kappa shape index (κ1) is 14.6. The van der Waals surface area contributed by atoms with Crippen molar-refractivity contribution in [3.05, 3.63) is 53.3 Å². The highest BCUT2D eigenvalue weighted by Gasteiger charge is 2.17. The summed E-state index contributed by atoms with van der Waals surface area (Å²) in [6.07, 6.45) is 2.76. The highest BCUT2D eigenvalue weighted by Crippen LogP contribution is 2.20. The number of aromatic nitrogens is 2. The van der Waals surface area contributed by atoms with Gasteiger partial charge < -0.3 is 5.32 Å². The van der Waals surface area contributed by atoms with E-state index < -0.39 is 5.38 Å². The summed E-state index contributed by atoms with van der Waals surface area (Å²) in [6.45, 7) is 2.49. The molecule has 0 saturated carbocycles. The summed E-state index contributed by atoms with van der Waals surface area (Å²) >= 11 is 6.17. The maximum Gasteiger partial charge on any atom is 0.242 e. The Morgan fingerprint density at radius 1 is 1.40 bits per heavy atom. The zero-order valence-corrected chi connectivity index (χ0v) is 12.4. The highest BCUT2D eigenvalue weighted by atomic mass is 35.5. The lowest BCUT2D eigenvalue weighted by Gasteiger charge is -2.10. The van der Waals surface area contributed by atoms with Crippen LogP contribution in [0.1, 0.15) is 29.1 Å². The van der Waals surface area contributed by atoms with Crippen molar-refractivity contribution in [1.82, 2.24) is 15.1 Å². The minimum absolute atomic E-state index is 0.191. The van der Waals surface area contributed by atoms with Crippen molar-refractivity contribution in [3.8, 4) is 0 Å². The predicted octanol–water partition coefficient (Wildman–Crippen LogP) is 2.58. The van der Waals surface area contributed by atoms with Crippen LogP contribution in [0.3, 0.4) is 0 Å². The number of hydrogen-bond donors (Lipinski definition) is 1. The smallest absolute Gasteiger partial charge is 0.242 e. The summed E-state index contributed by atoms with van der Waals surface area (Å²) in [7, 11) is 1.87. The van der Waals surface area contributed by atoms with Gasteiger partial charge in [0.25, 0.3) is 0 Å². The van der Waals surface area contributed by atoms with Crippen LogP contribution in [0.5, 0.6) is 0 Å². The Kier molecular flexibility index (Phi) is 4.79. The van der Waals surface area contributed by atoms with E-state index in [0.29, 0.717) is 6.54 Å². The molecule has 1 aromatic carbocycles. The van der Waals surface area contributed by atoms with Crippen molar-refractivity contribution in [3.63, 3.8) is 0 Å². The van der Waals surface area contributed by atoms with Crippen LogP contribution in [0.2, 0.25) is 0 Å². The molecule has 5 heteroatoms. The highest BCUT2D eigenvalue weighted by molar-refractivity contribution is 6.30. The fourth-order valence-corrected chi connectivity index (χ4v) is 2.30. The van der Waals surface area contributed by atoms with Crippen LogP contribution >= 0.6 is 11.6 Å². The molecule has 2 aromatic rings. The molecular formula is C15H18ClN3O. The number of nitrogens with zero attached hydrogens (tertiary/aromatic N) is 2. The van der Waals surface area contributed by atoms with Crippen LogP contribution in [-0.2, 0) is 24.8 Å². The maximum atomic E-state index is 12.1. The fourth-order valence-electron chi connectivity index (χ4n) is 2.07. The third-order valence-electron chi connectivity index (χ3n) is 3.10. The minimum Gasteiger partial charge on any atom is -0.350 e. The van der Waals surface area contributed by atoms with Crippen LogP contribution in [0, 0.1) is 0 Å². The molecule has 0 aliphatic rings. The summed E-state index contributed by atoms with van der Waals surface area (Å²) in [6, 6.07) is 9.33. The van der Waals surface area contributed by atoms with Crippen LogP contribution in [0.4, 0.5) is 0 Å². The molecule has 4 nitrogen and oxygen atoms in total. The van der Waals surface area contributed by atoms with Crippen molar-refractivity contribution in [1.29, 1.82) is 0 Å². The molecule has 1 amide bonds. The lowest BCUT2D eigenvalue weighted by molar-refractivity contribution is -0.121. The van der Waals surface area contributed by atoms with Gasteiger partial charge in [-0.1, -0.05) is 37.3 Å². The Morgan fingerprint density at radius 2 is 2.10 bits per heavy atom. The largest absolute Gasteiger partial charge is 0.350 e. The number of aryl methyl sites for hydroxylation is 2. The SMILES string of the molecule is CCc1nn(C)cc1CNC(=O)C(Cl)c1ccccc1. The summed E-state index contributed by atoms with van der Waals surface area (Å²) in [5.41, 5.74) is 2.83. The van der Waals surface area contributed by atoms with Crippen LogP contribution < -0.4 is 5.32 Å². The van der Waals surface area contributed by atoms with E-state index in [1.54, 1.807) is 4.68 Å². The average molecular weight is 292 g/mol. The Morgan fingerprint density at radius 3 is 2.75 bits per heavy atom. The van der Waals surface area contributed by atoms with Crippen LogP contribution in [0.15, 0.2) is 36.5 Å². The molecule has 1 aromatic heterocycles. The van der Waals surface area contributed by atoms with Gasteiger partial charge in [0.15, 0.2) is 0 Å². The predicted molar refractivity (Wildman–Crippen MR) is 79.5 cm³/mol. The van der Waals surface area contributed by atoms with Crippen molar-refractivity contribution in [2.24, 2.45) is 7.05 Å². The number of carbonyl (C=O) groups excluding carboxylic acids is 1. The van der Waals surface area contributed by atoms with Gasteiger partial charge in [-0.3, -0.25) is 9.48 Å². The molecule has 0 aliphatic carbocycles. The molecule has 0 radical (unpaired) electrons. The molecule has 2 rings (SSSR count). The molecule has 0 aliphatic heterocycles. The molecule has 1 unspecified atom stereocenters. The zero-order valence-electron chi connectivity index (χ0n) is 11.6. The average Bonchev–Trinajstić information content (AvgIpc) is 2.85. The van der Waals surface area contributed by atoms with Crippen molar-refractivity contribution < 1.29 is 4.79 Å². The number of benzene rings is 1. The second-order valence-electron chi connectivity index (χ2n) is 4.62. The molecule has 0 bridgehead atoms. The summed E-state index contributed by atoms with van der Waals surface area (Å²) in [5.74, 6) is -0.191. The van der Waals surface area contributed by atoms with Gasteiger partial charge in [0, 0.05) is 25.4 Å². The van der Waals surface area contributed by atoms with Crippen molar-refractivity contribution >= 4 is 17.5 Å². The Balaban J connectivity index is 1.98. The summed E-state index contributed by atoms with van der Waals surface area (Å²) in [5, 5.41) is 6.53. The molecule has 20 heavy (non-hydrogen) atoms. The number of alkyl halides is 1. The summed E-state index contributed by atoms with van der Waals surface area (Å²) in [4.78, 5) is 12.1. The Hall–Kier alpha value is -1.81. The van der Waals surface area contributed by atoms with Crippen LogP contribution in [-0.4, -0.2) is 15.7 Å². The molecule has 106 valence electrons. The van der Waals surface area contributed by atoms with Gasteiger partial charge in [0.2, 0.25) is 5.91 Å². The molecule has 1 N–H and O–H groups in total. The Labute approximate surface area is 123 Å². The number of hydrogen-bond acceptors (Lipinski definition) is 2. The second-order valence-corrected chi connectivity index (χ2v) is 5.06. The normalized spacial score (nSPS) is 12.2. The first-order chi connectivity index (χ1) is 9.61. The number of rotatable bonds is 5. The van der Waals surface area contributed by atoms with E-state index in [9.17, 15) is 4.79 Å². The van der Waals surface area contributed by atoms with E-state index in [0.717, 1.165) is 23.2 Å². The Bertz CT molecular complexity index is 580. The van der Waals surface area contributed by atoms with E-state index in [2.05, 4.69) is 10.4 Å². The van der Waals surface area contributed by atoms with E-state index in [-0.39, 0.29) is 5.91 Å². The summed E-state index contributed by atoms with van der Waals surface area (Å²) < 4.78 is 1.76. The standard InChI is InChI=1S/C15H18ClN3O/c1-3-13-12(10-19(2)18-13)9-17-15(20)14(16)11-7-5-4-6-8-11/h4-8,10,14H,3,9H2,1-2H3,(H,17,20). The van der Waals surface area contributed by atoms with Gasteiger partial charge in [0.05, 0.1) is 5.69 Å². The van der Waals surface area contributed by atoms with Gasteiger partial charge in [-0.25, -0.2) is 0 Å². The first-order valence-electron chi connectivity index (χ1n) is 6.60. The third kappa shape index (κ3) is 3.39. The molecular weight excluding hydrogens is 274 g/mol. The van der Waals surface area contributed by atoms with Crippen molar-refractivity contribution in [2.45, 2.75) is 25.3 Å². The van der Waals surface area contributed by atoms with Gasteiger partial charge in [-0.2, -0.15) is 5.10 Å². The zero-order chi connectivity index (χ0) is 14.5. The van der Waals surface area contributed by atoms with Gasteiger partial charge >= 0.3 is 0 Å². The number of nitrogens with one attached hydrogen (secondary N) is 1. The molecule has 1 heterocycles.